The Labute approximate surface area is 161 Å². The topological polar surface area (TPSA) is 9.23 Å². The second kappa shape index (κ2) is 11.2. The highest BCUT2D eigenvalue weighted by atomic mass is 35.5. The number of halogens is 2. The summed E-state index contributed by atoms with van der Waals surface area (Å²) in [5.41, 5.74) is -0.367. The minimum absolute atomic E-state index is 0.182. The monoisotopic (exact) mass is 384 g/mol. The zero-order valence-corrected chi connectivity index (χ0v) is 18.8. The van der Waals surface area contributed by atoms with Crippen LogP contribution in [-0.2, 0) is 4.74 Å². The molecule has 0 aliphatic heterocycles. The summed E-state index contributed by atoms with van der Waals surface area (Å²) in [5, 5.41) is 0. The maximum absolute atomic E-state index is 6.74. The second-order valence-corrected chi connectivity index (χ2v) is 9.84. The average molecular weight is 385 g/mol. The van der Waals surface area contributed by atoms with Gasteiger partial charge in [-0.25, -0.2) is 0 Å². The van der Waals surface area contributed by atoms with Crippen LogP contribution in [0.4, 0.5) is 0 Å². The van der Waals surface area contributed by atoms with Gasteiger partial charge in [-0.3, -0.25) is 0 Å². The van der Waals surface area contributed by atoms with E-state index in [0.717, 1.165) is 6.42 Å². The fourth-order valence-corrected chi connectivity index (χ4v) is 3.16. The highest BCUT2D eigenvalue weighted by molar-refractivity contribution is 6.23. The standard InChI is InChI=1S/C19H42Cl2N2O/c1-9-10-11-12-13-14-15-16(2)24-17(18(20)22(3,4)5)19(21)23(6,7)8/h16-19H,9-15H2,1-8H3/q+2. The molecule has 0 radical (unpaired) electrons. The summed E-state index contributed by atoms with van der Waals surface area (Å²) in [6, 6.07) is 0. The molecule has 0 aromatic carbocycles. The van der Waals surface area contributed by atoms with Gasteiger partial charge >= 0.3 is 0 Å². The van der Waals surface area contributed by atoms with Crippen molar-refractivity contribution in [1.29, 1.82) is 0 Å². The Kier molecular flexibility index (Phi) is 11.4. The molecule has 0 amide bonds. The highest BCUT2D eigenvalue weighted by Gasteiger charge is 2.43. The molecule has 24 heavy (non-hydrogen) atoms. The van der Waals surface area contributed by atoms with Gasteiger partial charge in [0.15, 0.2) is 17.1 Å². The number of rotatable bonds is 13. The van der Waals surface area contributed by atoms with Crippen molar-refractivity contribution in [1.82, 2.24) is 0 Å². The van der Waals surface area contributed by atoms with Crippen LogP contribution in [0.2, 0.25) is 0 Å². The zero-order valence-electron chi connectivity index (χ0n) is 17.3. The van der Waals surface area contributed by atoms with Gasteiger partial charge < -0.3 is 13.7 Å². The molecule has 3 atom stereocenters. The van der Waals surface area contributed by atoms with Crippen LogP contribution < -0.4 is 0 Å². The van der Waals surface area contributed by atoms with Gasteiger partial charge in [0.05, 0.1) is 48.4 Å². The van der Waals surface area contributed by atoms with E-state index in [4.69, 9.17) is 27.9 Å². The summed E-state index contributed by atoms with van der Waals surface area (Å²) in [5.74, 6) is 0. The number of unbranched alkanes of at least 4 members (excludes halogenated alkanes) is 5. The molecule has 5 heteroatoms. The first-order chi connectivity index (χ1) is 10.9. The smallest absolute Gasteiger partial charge is 0.198 e. The lowest BCUT2D eigenvalue weighted by molar-refractivity contribution is -0.910. The van der Waals surface area contributed by atoms with E-state index in [9.17, 15) is 0 Å². The molecule has 3 nitrogen and oxygen atoms in total. The summed E-state index contributed by atoms with van der Waals surface area (Å²) in [7, 11) is 12.5. The first-order valence-corrected chi connectivity index (χ1v) is 10.3. The summed E-state index contributed by atoms with van der Waals surface area (Å²) >= 11 is 13.5. The molecule has 146 valence electrons. The van der Waals surface area contributed by atoms with Crippen LogP contribution in [0.1, 0.15) is 58.8 Å². The van der Waals surface area contributed by atoms with Crippen LogP contribution in [0.3, 0.4) is 0 Å². The molecule has 0 aliphatic carbocycles. The second-order valence-electron chi connectivity index (χ2n) is 8.95. The number of nitrogens with zero attached hydrogens (tertiary/aromatic N) is 2. The van der Waals surface area contributed by atoms with Crippen molar-refractivity contribution in [2.45, 2.75) is 82.0 Å². The third-order valence-corrected chi connectivity index (χ3v) is 6.04. The van der Waals surface area contributed by atoms with Crippen molar-refractivity contribution in [3.63, 3.8) is 0 Å². The maximum atomic E-state index is 6.74. The minimum Gasteiger partial charge on any atom is -0.360 e. The Morgan fingerprint density at radius 1 is 0.750 bits per heavy atom. The van der Waals surface area contributed by atoms with Crippen molar-refractivity contribution in [2.24, 2.45) is 0 Å². The largest absolute Gasteiger partial charge is 0.360 e. The van der Waals surface area contributed by atoms with Gasteiger partial charge in [-0.05, 0) is 13.3 Å². The summed E-state index contributed by atoms with van der Waals surface area (Å²) < 4.78 is 7.61. The fraction of sp³-hybridized carbons (Fsp3) is 1.00. The van der Waals surface area contributed by atoms with E-state index < -0.39 is 0 Å². The Balaban J connectivity index is 4.60. The maximum Gasteiger partial charge on any atom is 0.198 e. The van der Waals surface area contributed by atoms with Gasteiger partial charge in [0.25, 0.3) is 0 Å². The van der Waals surface area contributed by atoms with Crippen LogP contribution in [-0.4, -0.2) is 74.5 Å². The van der Waals surface area contributed by atoms with Gasteiger partial charge in [0, 0.05) is 0 Å². The van der Waals surface area contributed by atoms with Crippen LogP contribution in [0.25, 0.3) is 0 Å². The Morgan fingerprint density at radius 2 is 1.17 bits per heavy atom. The van der Waals surface area contributed by atoms with Gasteiger partial charge in [-0.2, -0.15) is 0 Å². The highest BCUT2D eigenvalue weighted by Crippen LogP contribution is 2.27. The molecule has 3 unspecified atom stereocenters. The third kappa shape index (κ3) is 9.82. The summed E-state index contributed by atoms with van der Waals surface area (Å²) in [4.78, 5) is 0. The first kappa shape index (κ1) is 24.5. The predicted octanol–water partition coefficient (Wildman–Crippen LogP) is 5.05. The number of likely N-dealkylation sites (N-methyl/N-ethyl adjacent to an activating group) is 2. The Morgan fingerprint density at radius 3 is 1.58 bits per heavy atom. The molecular weight excluding hydrogens is 343 g/mol. The summed E-state index contributed by atoms with van der Waals surface area (Å²) in [6.07, 6.45) is 8.90. The number of quaternary nitrogens is 2. The Hall–Kier alpha value is 0.460. The Bertz CT molecular complexity index is 306. The average Bonchev–Trinajstić information content (AvgIpc) is 2.45. The lowest BCUT2D eigenvalue weighted by Gasteiger charge is -2.41. The van der Waals surface area contributed by atoms with Gasteiger partial charge in [0.2, 0.25) is 0 Å². The van der Waals surface area contributed by atoms with Crippen molar-refractivity contribution in [2.75, 3.05) is 42.3 Å². The lowest BCUT2D eigenvalue weighted by Crippen LogP contribution is -2.59. The van der Waals surface area contributed by atoms with E-state index in [1.54, 1.807) is 0 Å². The fourth-order valence-electron chi connectivity index (χ4n) is 2.69. The number of alkyl halides is 2. The van der Waals surface area contributed by atoms with Gasteiger partial charge in [0.1, 0.15) is 0 Å². The molecule has 0 aromatic rings. The van der Waals surface area contributed by atoms with E-state index in [1.165, 1.54) is 38.5 Å². The minimum atomic E-state index is -0.191. The molecule has 0 aliphatic rings. The van der Waals surface area contributed by atoms with Gasteiger partial charge in [-0.1, -0.05) is 68.7 Å². The van der Waals surface area contributed by atoms with E-state index in [0.29, 0.717) is 8.97 Å². The molecule has 0 aromatic heterocycles. The van der Waals surface area contributed by atoms with Crippen LogP contribution in [0.5, 0.6) is 0 Å². The van der Waals surface area contributed by atoms with Crippen molar-refractivity contribution in [3.05, 3.63) is 0 Å². The number of hydrogen-bond donors (Lipinski definition) is 0. The van der Waals surface area contributed by atoms with Crippen molar-refractivity contribution in [3.8, 4) is 0 Å². The summed E-state index contributed by atoms with van der Waals surface area (Å²) in [6.45, 7) is 4.40. The van der Waals surface area contributed by atoms with E-state index in [1.807, 2.05) is 0 Å². The molecular formula is C19H42Cl2N2O+2. The van der Waals surface area contributed by atoms with Crippen molar-refractivity contribution >= 4 is 23.2 Å². The molecule has 0 rings (SSSR count). The van der Waals surface area contributed by atoms with Crippen LogP contribution in [0.15, 0.2) is 0 Å². The zero-order chi connectivity index (χ0) is 19.0. The molecule has 0 saturated carbocycles. The molecule has 0 saturated heterocycles. The van der Waals surface area contributed by atoms with Crippen molar-refractivity contribution < 1.29 is 13.7 Å². The molecule has 0 heterocycles. The molecule has 0 fully saturated rings. The van der Waals surface area contributed by atoms with E-state index in [2.05, 4.69) is 56.1 Å². The van der Waals surface area contributed by atoms with E-state index in [-0.39, 0.29) is 23.2 Å². The lowest BCUT2D eigenvalue weighted by atomic mass is 10.1. The number of hydrogen-bond acceptors (Lipinski definition) is 1. The SMILES string of the molecule is CCCCCCCCC(C)OC(C(Cl)[N+](C)(C)C)C(Cl)[N+](C)(C)C. The molecule has 0 N–H and O–H groups in total. The van der Waals surface area contributed by atoms with Gasteiger partial charge in [-0.15, -0.1) is 0 Å². The number of ether oxygens (including phenoxy) is 1. The van der Waals surface area contributed by atoms with Crippen LogP contribution >= 0.6 is 23.2 Å². The first-order valence-electron chi connectivity index (χ1n) is 9.47. The van der Waals surface area contributed by atoms with E-state index >= 15 is 0 Å². The predicted molar refractivity (Wildman–Crippen MR) is 108 cm³/mol. The third-order valence-electron chi connectivity index (χ3n) is 4.38. The van der Waals surface area contributed by atoms with Crippen LogP contribution in [0, 0.1) is 0 Å². The quantitative estimate of drug-likeness (QED) is 0.187. The molecule has 0 bridgehead atoms. The molecule has 0 spiro atoms. The normalized spacial score (nSPS) is 18.2.